The van der Waals surface area contributed by atoms with Crippen molar-refractivity contribution >= 4 is 22.9 Å². The summed E-state index contributed by atoms with van der Waals surface area (Å²) in [6.07, 6.45) is 3.28. The lowest BCUT2D eigenvalue weighted by Crippen LogP contribution is -2.50. The van der Waals surface area contributed by atoms with Crippen molar-refractivity contribution in [1.82, 2.24) is 20.3 Å². The molecule has 2 atom stereocenters. The van der Waals surface area contributed by atoms with Crippen LogP contribution in [0.3, 0.4) is 0 Å². The highest BCUT2D eigenvalue weighted by Gasteiger charge is 2.29. The molecular weight excluding hydrogens is 380 g/mol. The quantitative estimate of drug-likeness (QED) is 0.775. The van der Waals surface area contributed by atoms with E-state index in [1.54, 1.807) is 6.92 Å². The number of aryl methyl sites for hydroxylation is 1. The van der Waals surface area contributed by atoms with Crippen molar-refractivity contribution < 1.29 is 18.3 Å². The standard InChI is InChI=1S/C20H27F2N5O2/c1-11-9-23-16(17(21)22)12-10-24-18(27-15(11)12)25-13-7-5-6-8-14(13)26-19(28)29-20(2,3)4/h9-10,13-14,17H,5-8H2,1-4H3,(H,26,28)(H,24,25,27). The van der Waals surface area contributed by atoms with Gasteiger partial charge >= 0.3 is 6.09 Å². The van der Waals surface area contributed by atoms with Crippen LogP contribution in [0.4, 0.5) is 19.5 Å². The van der Waals surface area contributed by atoms with Crippen LogP contribution in [0.2, 0.25) is 0 Å². The molecule has 2 aromatic rings. The Bertz CT molecular complexity index is 885. The Labute approximate surface area is 168 Å². The highest BCUT2D eigenvalue weighted by molar-refractivity contribution is 5.83. The number of pyridine rings is 1. The third kappa shape index (κ3) is 5.27. The SMILES string of the molecule is Cc1cnc(C(F)F)c2cnc(NC3CCCCC3NC(=O)OC(C)(C)C)nc12. The van der Waals surface area contributed by atoms with Gasteiger partial charge in [0, 0.05) is 23.8 Å². The second-order valence-corrected chi connectivity index (χ2v) is 8.37. The molecule has 0 radical (unpaired) electrons. The van der Waals surface area contributed by atoms with Crippen molar-refractivity contribution in [2.24, 2.45) is 0 Å². The molecule has 0 aliphatic heterocycles. The summed E-state index contributed by atoms with van der Waals surface area (Å²) in [4.78, 5) is 24.7. The van der Waals surface area contributed by atoms with Crippen molar-refractivity contribution in [3.05, 3.63) is 23.7 Å². The minimum atomic E-state index is -2.69. The maximum absolute atomic E-state index is 13.2. The maximum atomic E-state index is 13.2. The highest BCUT2D eigenvalue weighted by Crippen LogP contribution is 2.28. The molecule has 0 bridgehead atoms. The lowest BCUT2D eigenvalue weighted by Gasteiger charge is -2.33. The second kappa shape index (κ2) is 8.42. The second-order valence-electron chi connectivity index (χ2n) is 8.37. The third-order valence-corrected chi connectivity index (χ3v) is 4.82. The number of nitrogens with one attached hydrogen (secondary N) is 2. The number of rotatable bonds is 4. The fraction of sp³-hybridized carbons (Fsp3) is 0.600. The molecule has 2 unspecified atom stereocenters. The van der Waals surface area contributed by atoms with E-state index in [1.165, 1.54) is 12.4 Å². The largest absolute Gasteiger partial charge is 0.444 e. The number of hydrogen-bond donors (Lipinski definition) is 2. The van der Waals surface area contributed by atoms with Crippen molar-refractivity contribution in [2.75, 3.05) is 5.32 Å². The molecule has 0 spiro atoms. The molecule has 1 aliphatic carbocycles. The van der Waals surface area contributed by atoms with E-state index in [4.69, 9.17) is 4.74 Å². The monoisotopic (exact) mass is 407 g/mol. The molecule has 0 saturated heterocycles. The maximum Gasteiger partial charge on any atom is 0.407 e. The Balaban J connectivity index is 1.79. The summed E-state index contributed by atoms with van der Waals surface area (Å²) >= 11 is 0. The van der Waals surface area contributed by atoms with Crippen LogP contribution in [0.1, 0.15) is 64.1 Å². The van der Waals surface area contributed by atoms with Gasteiger partial charge in [-0.05, 0) is 46.1 Å². The summed E-state index contributed by atoms with van der Waals surface area (Å²) in [5.74, 6) is 0.343. The number of alkyl carbamates (subject to hydrolysis) is 1. The Morgan fingerprint density at radius 1 is 1.17 bits per heavy atom. The molecule has 1 amide bonds. The van der Waals surface area contributed by atoms with Crippen molar-refractivity contribution in [2.45, 2.75) is 77.5 Å². The van der Waals surface area contributed by atoms with Gasteiger partial charge in [-0.25, -0.2) is 23.5 Å². The summed E-state index contributed by atoms with van der Waals surface area (Å²) in [7, 11) is 0. The van der Waals surface area contributed by atoms with Crippen LogP contribution in [0.25, 0.3) is 10.9 Å². The van der Waals surface area contributed by atoms with Crippen molar-refractivity contribution in [3.8, 4) is 0 Å². The molecule has 1 aliphatic rings. The molecule has 9 heteroatoms. The van der Waals surface area contributed by atoms with Gasteiger partial charge in [-0.1, -0.05) is 12.8 Å². The number of carbonyl (C=O) groups is 1. The predicted octanol–water partition coefficient (Wildman–Crippen LogP) is 4.52. The molecule has 7 nitrogen and oxygen atoms in total. The van der Waals surface area contributed by atoms with Gasteiger partial charge in [0.25, 0.3) is 6.43 Å². The van der Waals surface area contributed by atoms with Gasteiger partial charge in [-0.2, -0.15) is 0 Å². The Hall–Kier alpha value is -2.58. The van der Waals surface area contributed by atoms with Gasteiger partial charge < -0.3 is 15.4 Å². The molecule has 0 aromatic carbocycles. The van der Waals surface area contributed by atoms with E-state index in [-0.39, 0.29) is 23.2 Å². The van der Waals surface area contributed by atoms with Crippen LogP contribution in [0, 0.1) is 6.92 Å². The number of hydrogen-bond acceptors (Lipinski definition) is 6. The van der Waals surface area contributed by atoms with E-state index in [9.17, 15) is 13.6 Å². The fourth-order valence-electron chi connectivity index (χ4n) is 3.51. The first-order valence-corrected chi connectivity index (χ1v) is 9.80. The molecule has 1 fully saturated rings. The van der Waals surface area contributed by atoms with Crippen LogP contribution in [-0.2, 0) is 4.74 Å². The number of amides is 1. The number of ether oxygens (including phenoxy) is 1. The van der Waals surface area contributed by atoms with Gasteiger partial charge in [0.1, 0.15) is 11.3 Å². The summed E-state index contributed by atoms with van der Waals surface area (Å²) < 4.78 is 31.8. The summed E-state index contributed by atoms with van der Waals surface area (Å²) in [5.41, 5.74) is 0.248. The van der Waals surface area contributed by atoms with Gasteiger partial charge in [0.05, 0.1) is 11.6 Å². The molecule has 158 valence electrons. The van der Waals surface area contributed by atoms with Crippen LogP contribution >= 0.6 is 0 Å². The Morgan fingerprint density at radius 3 is 2.52 bits per heavy atom. The summed E-state index contributed by atoms with van der Waals surface area (Å²) in [6.45, 7) is 7.22. The lowest BCUT2D eigenvalue weighted by molar-refractivity contribution is 0.0488. The van der Waals surface area contributed by atoms with Gasteiger partial charge in [0.2, 0.25) is 5.95 Å². The molecule has 1 saturated carbocycles. The van der Waals surface area contributed by atoms with Crippen LogP contribution in [0.5, 0.6) is 0 Å². The normalized spacial score (nSPS) is 20.0. The first-order chi connectivity index (χ1) is 13.6. The Kier molecular flexibility index (Phi) is 6.14. The molecule has 29 heavy (non-hydrogen) atoms. The highest BCUT2D eigenvalue weighted by atomic mass is 19.3. The van der Waals surface area contributed by atoms with E-state index >= 15 is 0 Å². The average Bonchev–Trinajstić information content (AvgIpc) is 2.62. The van der Waals surface area contributed by atoms with Gasteiger partial charge in [-0.3, -0.25) is 4.98 Å². The van der Waals surface area contributed by atoms with Crippen molar-refractivity contribution in [1.29, 1.82) is 0 Å². The van der Waals surface area contributed by atoms with E-state index in [2.05, 4.69) is 25.6 Å². The number of carbonyl (C=O) groups excluding carboxylic acids is 1. The topological polar surface area (TPSA) is 89.0 Å². The first-order valence-electron chi connectivity index (χ1n) is 9.80. The molecule has 2 aromatic heterocycles. The zero-order chi connectivity index (χ0) is 21.2. The zero-order valence-electron chi connectivity index (χ0n) is 17.1. The number of alkyl halides is 2. The Morgan fingerprint density at radius 2 is 1.86 bits per heavy atom. The number of anilines is 1. The van der Waals surface area contributed by atoms with E-state index in [0.717, 1.165) is 25.7 Å². The average molecular weight is 407 g/mol. The summed E-state index contributed by atoms with van der Waals surface area (Å²) in [6, 6.07) is -0.210. The minimum Gasteiger partial charge on any atom is -0.444 e. The third-order valence-electron chi connectivity index (χ3n) is 4.82. The number of nitrogens with zero attached hydrogens (tertiary/aromatic N) is 3. The first kappa shape index (κ1) is 21.1. The molecule has 2 N–H and O–H groups in total. The van der Waals surface area contributed by atoms with Crippen molar-refractivity contribution in [3.63, 3.8) is 0 Å². The smallest absolute Gasteiger partial charge is 0.407 e. The molecular formula is C20H27F2N5O2. The zero-order valence-corrected chi connectivity index (χ0v) is 17.1. The fourth-order valence-corrected chi connectivity index (χ4v) is 3.51. The molecule has 3 rings (SSSR count). The molecule has 2 heterocycles. The van der Waals surface area contributed by atoms with Crippen LogP contribution in [-0.4, -0.2) is 38.7 Å². The number of halogens is 2. The van der Waals surface area contributed by atoms with Crippen LogP contribution in [0.15, 0.2) is 12.4 Å². The van der Waals surface area contributed by atoms with E-state index in [0.29, 0.717) is 17.0 Å². The van der Waals surface area contributed by atoms with E-state index < -0.39 is 18.1 Å². The van der Waals surface area contributed by atoms with Crippen LogP contribution < -0.4 is 10.6 Å². The number of aromatic nitrogens is 3. The van der Waals surface area contributed by atoms with Gasteiger partial charge in [0.15, 0.2) is 0 Å². The summed E-state index contributed by atoms with van der Waals surface area (Å²) in [5, 5.41) is 6.44. The number of fused-ring (bicyclic) bond motifs is 1. The predicted molar refractivity (Wildman–Crippen MR) is 106 cm³/mol. The van der Waals surface area contributed by atoms with E-state index in [1.807, 2.05) is 20.8 Å². The minimum absolute atomic E-state index is 0.0783. The lowest BCUT2D eigenvalue weighted by atomic mass is 9.90. The van der Waals surface area contributed by atoms with Gasteiger partial charge in [-0.15, -0.1) is 0 Å².